The van der Waals surface area contributed by atoms with Crippen LogP contribution in [-0.4, -0.2) is 17.6 Å². The Hall–Kier alpha value is -2.53. The zero-order valence-electron chi connectivity index (χ0n) is 15.2. The third kappa shape index (κ3) is 3.24. The van der Waals surface area contributed by atoms with Crippen LogP contribution in [0.3, 0.4) is 0 Å². The Bertz CT molecular complexity index is 1210. The van der Waals surface area contributed by atoms with Gasteiger partial charge in [-0.3, -0.25) is 4.79 Å². The summed E-state index contributed by atoms with van der Waals surface area (Å²) in [5, 5.41) is 3.06. The number of ether oxygens (including phenoxy) is 1. The highest BCUT2D eigenvalue weighted by Crippen LogP contribution is 2.34. The van der Waals surface area contributed by atoms with Crippen molar-refractivity contribution in [1.29, 1.82) is 0 Å². The molecule has 2 N–H and O–H groups in total. The van der Waals surface area contributed by atoms with Gasteiger partial charge in [0.05, 0.1) is 12.1 Å². The molecule has 0 bridgehead atoms. The minimum absolute atomic E-state index is 0.452. The number of hydrogen-bond acceptors (Lipinski definition) is 2. The van der Waals surface area contributed by atoms with Gasteiger partial charge in [0.25, 0.3) is 0 Å². The van der Waals surface area contributed by atoms with Crippen molar-refractivity contribution in [2.24, 2.45) is 5.73 Å². The summed E-state index contributed by atoms with van der Waals surface area (Å²) in [5.41, 5.74) is 9.98. The van der Waals surface area contributed by atoms with Crippen LogP contribution in [0.5, 0.6) is 0 Å². The number of carbonyl (C=O) groups is 1. The van der Waals surface area contributed by atoms with E-state index in [1.165, 1.54) is 0 Å². The Labute approximate surface area is 172 Å². The maximum absolute atomic E-state index is 12.0. The summed E-state index contributed by atoms with van der Waals surface area (Å²) in [6.45, 7) is 1.01. The fraction of sp³-hybridized carbons (Fsp3) is 0.136. The van der Waals surface area contributed by atoms with Gasteiger partial charge in [0, 0.05) is 45.6 Å². The van der Waals surface area contributed by atoms with Crippen molar-refractivity contribution in [2.45, 2.75) is 13.2 Å². The summed E-state index contributed by atoms with van der Waals surface area (Å²) in [7, 11) is 1.66. The van der Waals surface area contributed by atoms with E-state index in [0.717, 1.165) is 32.9 Å². The van der Waals surface area contributed by atoms with Crippen molar-refractivity contribution >= 4 is 50.9 Å². The maximum Gasteiger partial charge on any atom is 0.249 e. The summed E-state index contributed by atoms with van der Waals surface area (Å²) in [6.07, 6.45) is 0. The van der Waals surface area contributed by atoms with Gasteiger partial charge in [-0.2, -0.15) is 0 Å². The number of nitrogens with two attached hydrogens (primary N) is 1. The predicted octanol–water partition coefficient (Wildman–Crippen LogP) is 5.39. The quantitative estimate of drug-likeness (QED) is 0.477. The molecule has 142 valence electrons. The molecule has 0 aliphatic carbocycles. The molecule has 4 nitrogen and oxygen atoms in total. The zero-order valence-corrected chi connectivity index (χ0v) is 16.7. The molecule has 0 radical (unpaired) electrons. The van der Waals surface area contributed by atoms with Crippen LogP contribution in [0.2, 0.25) is 10.0 Å². The van der Waals surface area contributed by atoms with Gasteiger partial charge in [0.15, 0.2) is 0 Å². The van der Waals surface area contributed by atoms with Crippen LogP contribution < -0.4 is 5.73 Å². The molecular weight excluding hydrogens is 395 g/mol. The zero-order chi connectivity index (χ0) is 19.8. The van der Waals surface area contributed by atoms with Crippen molar-refractivity contribution in [2.75, 3.05) is 7.11 Å². The molecule has 28 heavy (non-hydrogen) atoms. The molecule has 0 aliphatic rings. The van der Waals surface area contributed by atoms with Gasteiger partial charge in [-0.15, -0.1) is 0 Å². The number of carbonyl (C=O) groups excluding carboxylic acids is 1. The van der Waals surface area contributed by atoms with Crippen LogP contribution in [0.1, 0.15) is 21.5 Å². The van der Waals surface area contributed by atoms with Crippen LogP contribution in [0.4, 0.5) is 0 Å². The van der Waals surface area contributed by atoms with Crippen molar-refractivity contribution in [1.82, 2.24) is 4.57 Å². The molecule has 0 unspecified atom stereocenters. The third-order valence-electron chi connectivity index (χ3n) is 4.87. The van der Waals surface area contributed by atoms with E-state index < -0.39 is 5.91 Å². The van der Waals surface area contributed by atoms with Gasteiger partial charge in [0.2, 0.25) is 5.91 Å². The summed E-state index contributed by atoms with van der Waals surface area (Å²) in [4.78, 5) is 12.0. The monoisotopic (exact) mass is 412 g/mol. The Morgan fingerprint density at radius 2 is 1.89 bits per heavy atom. The Morgan fingerprint density at radius 1 is 1.07 bits per heavy atom. The highest BCUT2D eigenvalue weighted by molar-refractivity contribution is 6.33. The standard InChI is InChI=1S/C22H18Cl2N2O2/c1-28-12-13-5-7-16-20(9-13)26(11-14-10-15(23)6-8-18(14)24)19-4-2-3-17(21(16)19)22(25)27/h2-10H,11-12H2,1H3,(H2,25,27). The van der Waals surface area contributed by atoms with E-state index in [1.54, 1.807) is 25.3 Å². The minimum atomic E-state index is -0.452. The summed E-state index contributed by atoms with van der Waals surface area (Å²) in [5.74, 6) is -0.452. The highest BCUT2D eigenvalue weighted by Gasteiger charge is 2.17. The second-order valence-electron chi connectivity index (χ2n) is 6.67. The molecule has 0 atom stereocenters. The number of primary amides is 1. The third-order valence-corrected chi connectivity index (χ3v) is 5.47. The molecule has 1 heterocycles. The first-order chi connectivity index (χ1) is 13.5. The normalized spacial score (nSPS) is 11.4. The number of methoxy groups -OCH3 is 1. The largest absolute Gasteiger partial charge is 0.380 e. The Balaban J connectivity index is 2.03. The van der Waals surface area contributed by atoms with E-state index in [2.05, 4.69) is 10.6 Å². The molecule has 3 aromatic carbocycles. The molecule has 6 heteroatoms. The van der Waals surface area contributed by atoms with Gasteiger partial charge in [-0.1, -0.05) is 41.4 Å². The van der Waals surface area contributed by atoms with Gasteiger partial charge >= 0.3 is 0 Å². The SMILES string of the molecule is COCc1ccc2c3c(C(N)=O)cccc3n(Cc3cc(Cl)ccc3Cl)c2c1. The van der Waals surface area contributed by atoms with Crippen LogP contribution in [0, 0.1) is 0 Å². The molecule has 4 aromatic rings. The van der Waals surface area contributed by atoms with Crippen molar-refractivity contribution in [3.63, 3.8) is 0 Å². The van der Waals surface area contributed by atoms with Gasteiger partial charge in [0.1, 0.15) is 0 Å². The van der Waals surface area contributed by atoms with E-state index in [1.807, 2.05) is 30.3 Å². The number of aromatic nitrogens is 1. The summed E-state index contributed by atoms with van der Waals surface area (Å²) < 4.78 is 7.42. The topological polar surface area (TPSA) is 57.2 Å². The van der Waals surface area contributed by atoms with Gasteiger partial charge in [-0.25, -0.2) is 0 Å². The first kappa shape index (κ1) is 18.8. The van der Waals surface area contributed by atoms with E-state index in [4.69, 9.17) is 33.7 Å². The first-order valence-corrected chi connectivity index (χ1v) is 9.51. The van der Waals surface area contributed by atoms with Crippen LogP contribution in [0.25, 0.3) is 21.8 Å². The fourth-order valence-corrected chi connectivity index (χ4v) is 4.03. The lowest BCUT2D eigenvalue weighted by atomic mass is 10.0. The maximum atomic E-state index is 12.0. The number of halogens is 2. The number of rotatable bonds is 5. The molecule has 0 spiro atoms. The second kappa shape index (κ2) is 7.47. The number of benzene rings is 3. The highest BCUT2D eigenvalue weighted by atomic mass is 35.5. The van der Waals surface area contributed by atoms with E-state index in [9.17, 15) is 4.79 Å². The lowest BCUT2D eigenvalue weighted by Gasteiger charge is -2.11. The number of nitrogens with zero attached hydrogens (tertiary/aromatic N) is 1. The molecule has 1 amide bonds. The molecule has 0 saturated carbocycles. The first-order valence-electron chi connectivity index (χ1n) is 8.76. The second-order valence-corrected chi connectivity index (χ2v) is 7.51. The van der Waals surface area contributed by atoms with Crippen LogP contribution >= 0.6 is 23.2 Å². The summed E-state index contributed by atoms with van der Waals surface area (Å²) >= 11 is 12.6. The molecule has 1 aromatic heterocycles. The van der Waals surface area contributed by atoms with Crippen molar-refractivity contribution in [3.05, 3.63) is 81.3 Å². The Morgan fingerprint density at radius 3 is 2.64 bits per heavy atom. The smallest absolute Gasteiger partial charge is 0.249 e. The molecular formula is C22H18Cl2N2O2. The number of hydrogen-bond donors (Lipinski definition) is 1. The summed E-state index contributed by atoms with van der Waals surface area (Å²) in [6, 6.07) is 17.1. The molecule has 0 saturated heterocycles. The van der Waals surface area contributed by atoms with E-state index >= 15 is 0 Å². The van der Waals surface area contributed by atoms with Crippen molar-refractivity contribution < 1.29 is 9.53 Å². The predicted molar refractivity (Wildman–Crippen MR) is 114 cm³/mol. The van der Waals surface area contributed by atoms with E-state index in [-0.39, 0.29) is 0 Å². The molecule has 4 rings (SSSR count). The molecule has 0 aliphatic heterocycles. The van der Waals surface area contributed by atoms with Gasteiger partial charge < -0.3 is 15.0 Å². The lowest BCUT2D eigenvalue weighted by molar-refractivity contribution is 0.100. The molecule has 0 fully saturated rings. The van der Waals surface area contributed by atoms with Crippen LogP contribution in [0.15, 0.2) is 54.6 Å². The minimum Gasteiger partial charge on any atom is -0.380 e. The van der Waals surface area contributed by atoms with Gasteiger partial charge in [-0.05, 0) is 47.5 Å². The Kier molecular flexibility index (Phi) is 5.02. The lowest BCUT2D eigenvalue weighted by Crippen LogP contribution is -2.11. The average molecular weight is 413 g/mol. The van der Waals surface area contributed by atoms with Crippen LogP contribution in [-0.2, 0) is 17.9 Å². The average Bonchev–Trinajstić information content (AvgIpc) is 2.98. The van der Waals surface area contributed by atoms with Crippen molar-refractivity contribution in [3.8, 4) is 0 Å². The van der Waals surface area contributed by atoms with E-state index in [0.29, 0.717) is 28.8 Å². The number of fused-ring (bicyclic) bond motifs is 3. The number of amides is 1. The fourth-order valence-electron chi connectivity index (χ4n) is 3.66.